The summed E-state index contributed by atoms with van der Waals surface area (Å²) < 4.78 is 14.5. The van der Waals surface area contributed by atoms with Gasteiger partial charge in [0, 0.05) is 18.3 Å². The zero-order chi connectivity index (χ0) is 11.5. The molecule has 1 heterocycles. The first-order chi connectivity index (χ1) is 7.65. The van der Waals surface area contributed by atoms with Crippen LogP contribution in [0.5, 0.6) is 0 Å². The molecular weight excluding hydrogens is 207 g/mol. The molecule has 1 aromatic heterocycles. The molecule has 82 valence electrons. The predicted molar refractivity (Wildman–Crippen MR) is 57.9 cm³/mol. The van der Waals surface area contributed by atoms with Gasteiger partial charge in [0.05, 0.1) is 12.0 Å². The summed E-state index contributed by atoms with van der Waals surface area (Å²) in [5, 5.41) is 0. The van der Waals surface area contributed by atoms with E-state index in [0.717, 1.165) is 11.4 Å². The van der Waals surface area contributed by atoms with Crippen molar-refractivity contribution in [1.29, 1.82) is 0 Å². The van der Waals surface area contributed by atoms with Crippen molar-refractivity contribution in [3.05, 3.63) is 48.3 Å². The smallest absolute Gasteiger partial charge is 0.135 e. The lowest BCUT2D eigenvalue weighted by molar-refractivity contribution is -0.116. The topological polar surface area (TPSA) is 34.9 Å². The normalized spacial score (nSPS) is 10.4. The van der Waals surface area contributed by atoms with Crippen molar-refractivity contribution in [3.63, 3.8) is 0 Å². The summed E-state index contributed by atoms with van der Waals surface area (Å²) in [7, 11) is 0. The van der Waals surface area contributed by atoms with Crippen molar-refractivity contribution in [1.82, 2.24) is 9.55 Å². The first kappa shape index (κ1) is 10.5. The quantitative estimate of drug-likeness (QED) is 0.791. The third kappa shape index (κ3) is 2.34. The van der Waals surface area contributed by atoms with Gasteiger partial charge in [-0.1, -0.05) is 0 Å². The molecule has 0 aliphatic carbocycles. The standard InChI is InChI=1S/C12H11FN2O/c1-9(16)6-11-7-15(8-14-11)12-4-2-10(13)3-5-12/h2-5,7-8H,6H2,1H3. The van der Waals surface area contributed by atoms with Gasteiger partial charge in [-0.25, -0.2) is 9.37 Å². The Labute approximate surface area is 92.5 Å². The summed E-state index contributed by atoms with van der Waals surface area (Å²) in [5.74, 6) is -0.197. The average molecular weight is 218 g/mol. The van der Waals surface area contributed by atoms with Crippen molar-refractivity contribution in [2.24, 2.45) is 0 Å². The van der Waals surface area contributed by atoms with E-state index in [9.17, 15) is 9.18 Å². The van der Waals surface area contributed by atoms with Gasteiger partial charge in [-0.3, -0.25) is 4.79 Å². The number of aromatic nitrogens is 2. The number of carbonyl (C=O) groups excluding carboxylic acids is 1. The summed E-state index contributed by atoms with van der Waals surface area (Å²) in [6.45, 7) is 1.52. The molecule has 0 aliphatic rings. The highest BCUT2D eigenvalue weighted by Crippen LogP contribution is 2.10. The Kier molecular flexibility index (Phi) is 2.81. The monoisotopic (exact) mass is 218 g/mol. The summed E-state index contributed by atoms with van der Waals surface area (Å²) in [5.41, 5.74) is 1.54. The van der Waals surface area contributed by atoms with Gasteiger partial charge in [-0.05, 0) is 31.2 Å². The van der Waals surface area contributed by atoms with Crippen molar-refractivity contribution in [3.8, 4) is 5.69 Å². The lowest BCUT2D eigenvalue weighted by Gasteiger charge is -2.00. The van der Waals surface area contributed by atoms with Crippen molar-refractivity contribution < 1.29 is 9.18 Å². The molecule has 0 saturated carbocycles. The van der Waals surface area contributed by atoms with E-state index < -0.39 is 0 Å². The van der Waals surface area contributed by atoms with Gasteiger partial charge in [0.2, 0.25) is 0 Å². The van der Waals surface area contributed by atoms with E-state index in [-0.39, 0.29) is 11.6 Å². The Bertz CT molecular complexity index is 502. The number of ketones is 1. The van der Waals surface area contributed by atoms with Crippen molar-refractivity contribution in [2.75, 3.05) is 0 Å². The van der Waals surface area contributed by atoms with E-state index in [4.69, 9.17) is 0 Å². The fourth-order valence-corrected chi connectivity index (χ4v) is 1.46. The Balaban J connectivity index is 2.24. The van der Waals surface area contributed by atoms with Crippen LogP contribution in [0, 0.1) is 5.82 Å². The van der Waals surface area contributed by atoms with E-state index in [1.54, 1.807) is 29.2 Å². The molecule has 1 aromatic carbocycles. The first-order valence-electron chi connectivity index (χ1n) is 4.93. The predicted octanol–water partition coefficient (Wildman–Crippen LogP) is 2.14. The number of Topliss-reactive ketones (excluding diaryl/α,β-unsaturated/α-hetero) is 1. The van der Waals surface area contributed by atoms with Gasteiger partial charge in [0.15, 0.2) is 0 Å². The van der Waals surface area contributed by atoms with E-state index in [1.807, 2.05) is 0 Å². The van der Waals surface area contributed by atoms with E-state index in [1.165, 1.54) is 19.1 Å². The maximum atomic E-state index is 12.7. The Morgan fingerprint density at radius 1 is 1.38 bits per heavy atom. The molecule has 0 spiro atoms. The molecule has 4 heteroatoms. The first-order valence-corrected chi connectivity index (χ1v) is 4.93. The number of benzene rings is 1. The van der Waals surface area contributed by atoms with Crippen LogP contribution in [-0.2, 0) is 11.2 Å². The zero-order valence-corrected chi connectivity index (χ0v) is 8.85. The lowest BCUT2D eigenvalue weighted by Crippen LogP contribution is -1.96. The molecule has 0 N–H and O–H groups in total. The third-order valence-corrected chi connectivity index (χ3v) is 2.19. The van der Waals surface area contributed by atoms with Gasteiger partial charge >= 0.3 is 0 Å². The minimum absolute atomic E-state index is 0.0735. The summed E-state index contributed by atoms with van der Waals surface area (Å²) in [6.07, 6.45) is 3.72. The molecule has 0 atom stereocenters. The number of hydrogen-bond donors (Lipinski definition) is 0. The van der Waals surface area contributed by atoms with Crippen LogP contribution in [0.4, 0.5) is 4.39 Å². The minimum atomic E-state index is -0.271. The SMILES string of the molecule is CC(=O)Cc1cn(-c2ccc(F)cc2)cn1. The number of imidazole rings is 1. The highest BCUT2D eigenvalue weighted by atomic mass is 19.1. The molecule has 0 aliphatic heterocycles. The fourth-order valence-electron chi connectivity index (χ4n) is 1.46. The lowest BCUT2D eigenvalue weighted by atomic mass is 10.2. The van der Waals surface area contributed by atoms with Gasteiger partial charge in [-0.2, -0.15) is 0 Å². The number of rotatable bonds is 3. The van der Waals surface area contributed by atoms with E-state index in [0.29, 0.717) is 6.42 Å². The van der Waals surface area contributed by atoms with Crippen LogP contribution in [0.1, 0.15) is 12.6 Å². The number of halogens is 1. The molecular formula is C12H11FN2O. The molecule has 2 rings (SSSR count). The molecule has 3 nitrogen and oxygen atoms in total. The van der Waals surface area contributed by atoms with Gasteiger partial charge < -0.3 is 4.57 Å². The highest BCUT2D eigenvalue weighted by molar-refractivity contribution is 5.77. The highest BCUT2D eigenvalue weighted by Gasteiger charge is 2.03. The largest absolute Gasteiger partial charge is 0.306 e. The summed E-state index contributed by atoms with van der Waals surface area (Å²) in [6, 6.07) is 6.10. The fraction of sp³-hybridized carbons (Fsp3) is 0.167. The maximum Gasteiger partial charge on any atom is 0.135 e. The molecule has 0 bridgehead atoms. The van der Waals surface area contributed by atoms with Crippen LogP contribution >= 0.6 is 0 Å². The second-order valence-corrected chi connectivity index (χ2v) is 3.63. The maximum absolute atomic E-state index is 12.7. The molecule has 0 unspecified atom stereocenters. The number of hydrogen-bond acceptors (Lipinski definition) is 2. The molecule has 0 saturated heterocycles. The number of carbonyl (C=O) groups is 1. The van der Waals surface area contributed by atoms with Crippen LogP contribution < -0.4 is 0 Å². The van der Waals surface area contributed by atoms with Gasteiger partial charge in [0.25, 0.3) is 0 Å². The minimum Gasteiger partial charge on any atom is -0.306 e. The van der Waals surface area contributed by atoms with Crippen molar-refractivity contribution >= 4 is 5.78 Å². The van der Waals surface area contributed by atoms with Crippen LogP contribution in [0.2, 0.25) is 0 Å². The Morgan fingerprint density at radius 2 is 2.06 bits per heavy atom. The third-order valence-electron chi connectivity index (χ3n) is 2.19. The van der Waals surface area contributed by atoms with Crippen LogP contribution in [0.15, 0.2) is 36.8 Å². The Morgan fingerprint density at radius 3 is 2.69 bits per heavy atom. The van der Waals surface area contributed by atoms with Gasteiger partial charge in [-0.15, -0.1) is 0 Å². The second kappa shape index (κ2) is 4.26. The van der Waals surface area contributed by atoms with Crippen LogP contribution in [0.25, 0.3) is 5.69 Å². The molecule has 0 amide bonds. The number of nitrogens with zero attached hydrogens (tertiary/aromatic N) is 2. The molecule has 0 radical (unpaired) electrons. The zero-order valence-electron chi connectivity index (χ0n) is 8.85. The van der Waals surface area contributed by atoms with Crippen LogP contribution in [-0.4, -0.2) is 15.3 Å². The average Bonchev–Trinajstić information content (AvgIpc) is 2.66. The molecule has 16 heavy (non-hydrogen) atoms. The molecule has 2 aromatic rings. The second-order valence-electron chi connectivity index (χ2n) is 3.63. The van der Waals surface area contributed by atoms with Gasteiger partial charge in [0.1, 0.15) is 11.6 Å². The summed E-state index contributed by atoms with van der Waals surface area (Å²) in [4.78, 5) is 15.0. The van der Waals surface area contributed by atoms with Crippen LogP contribution in [0.3, 0.4) is 0 Å². The van der Waals surface area contributed by atoms with E-state index in [2.05, 4.69) is 4.98 Å². The summed E-state index contributed by atoms with van der Waals surface area (Å²) >= 11 is 0. The van der Waals surface area contributed by atoms with Crippen molar-refractivity contribution in [2.45, 2.75) is 13.3 Å². The van der Waals surface area contributed by atoms with E-state index >= 15 is 0 Å². The Hall–Kier alpha value is -1.97. The molecule has 0 fully saturated rings.